The molecular formula is C22H16N4O3. The number of nitro groups is 1. The van der Waals surface area contributed by atoms with E-state index < -0.39 is 33.7 Å². The van der Waals surface area contributed by atoms with Crippen LogP contribution in [0.5, 0.6) is 0 Å². The van der Waals surface area contributed by atoms with Gasteiger partial charge in [-0.3, -0.25) is 19.8 Å². The number of anilines is 1. The van der Waals surface area contributed by atoms with Crippen LogP contribution in [-0.2, 0) is 5.54 Å². The lowest BCUT2D eigenvalue weighted by Crippen LogP contribution is -2.55. The van der Waals surface area contributed by atoms with Gasteiger partial charge in [-0.1, -0.05) is 36.4 Å². The maximum absolute atomic E-state index is 13.5. The molecule has 7 heteroatoms. The molecule has 2 aromatic carbocycles. The Labute approximate surface area is 167 Å². The third-order valence-corrected chi connectivity index (χ3v) is 6.07. The van der Waals surface area contributed by atoms with Crippen LogP contribution in [-0.4, -0.2) is 16.9 Å². The van der Waals surface area contributed by atoms with Crippen LogP contribution in [0.2, 0.25) is 0 Å². The summed E-state index contributed by atoms with van der Waals surface area (Å²) >= 11 is 0. The van der Waals surface area contributed by atoms with Crippen LogP contribution in [0.4, 0.5) is 5.69 Å². The first-order valence-corrected chi connectivity index (χ1v) is 9.05. The number of hydrogen-bond acceptors (Lipinski definition) is 5. The van der Waals surface area contributed by atoms with E-state index in [1.165, 1.54) is 11.0 Å². The average Bonchev–Trinajstić information content (AvgIpc) is 3.23. The van der Waals surface area contributed by atoms with Gasteiger partial charge in [-0.2, -0.15) is 10.5 Å². The van der Waals surface area contributed by atoms with Crippen molar-refractivity contribution in [3.63, 3.8) is 0 Å². The Morgan fingerprint density at radius 2 is 1.79 bits per heavy atom. The predicted molar refractivity (Wildman–Crippen MR) is 104 cm³/mol. The number of carbonyl (C=O) groups excluding carboxylic acids is 1. The van der Waals surface area contributed by atoms with Crippen molar-refractivity contribution in [1.29, 1.82) is 10.5 Å². The monoisotopic (exact) mass is 384 g/mol. The van der Waals surface area contributed by atoms with E-state index in [2.05, 4.69) is 6.58 Å². The van der Waals surface area contributed by atoms with E-state index in [1.54, 1.807) is 54.6 Å². The van der Waals surface area contributed by atoms with Crippen LogP contribution in [0, 0.1) is 44.1 Å². The van der Waals surface area contributed by atoms with Crippen molar-refractivity contribution in [2.45, 2.75) is 18.0 Å². The van der Waals surface area contributed by atoms with Crippen molar-refractivity contribution in [2.24, 2.45) is 11.3 Å². The molecule has 1 heterocycles. The summed E-state index contributed by atoms with van der Waals surface area (Å²) < 4.78 is 0. The fraction of sp³-hybridized carbons (Fsp3) is 0.227. The molecule has 3 atom stereocenters. The van der Waals surface area contributed by atoms with Crippen molar-refractivity contribution >= 4 is 11.6 Å². The van der Waals surface area contributed by atoms with Gasteiger partial charge in [0.15, 0.2) is 5.41 Å². The van der Waals surface area contributed by atoms with E-state index >= 15 is 0 Å². The van der Waals surface area contributed by atoms with E-state index in [-0.39, 0.29) is 6.42 Å². The second-order valence-electron chi connectivity index (χ2n) is 7.28. The number of carbonyl (C=O) groups is 1. The molecule has 0 saturated heterocycles. The second kappa shape index (κ2) is 6.29. The summed E-state index contributed by atoms with van der Waals surface area (Å²) in [6.45, 7) is 3.74. The number of nitrogens with zero attached hydrogens (tertiary/aromatic N) is 4. The molecule has 142 valence electrons. The zero-order chi connectivity index (χ0) is 20.8. The van der Waals surface area contributed by atoms with Gasteiger partial charge in [-0.05, 0) is 30.7 Å². The highest BCUT2D eigenvalue weighted by atomic mass is 16.6. The molecule has 1 aliphatic heterocycles. The molecule has 1 fully saturated rings. The molecule has 2 aliphatic rings. The highest BCUT2D eigenvalue weighted by Crippen LogP contribution is 2.63. The highest BCUT2D eigenvalue weighted by Gasteiger charge is 2.77. The summed E-state index contributed by atoms with van der Waals surface area (Å²) in [4.78, 5) is 26.9. The Morgan fingerprint density at radius 3 is 2.38 bits per heavy atom. The smallest absolute Gasteiger partial charge is 0.278 e. The van der Waals surface area contributed by atoms with Gasteiger partial charge < -0.3 is 0 Å². The van der Waals surface area contributed by atoms with E-state index in [0.717, 1.165) is 0 Å². The molecule has 0 N–H and O–H groups in total. The van der Waals surface area contributed by atoms with Crippen LogP contribution in [0.3, 0.4) is 0 Å². The average molecular weight is 384 g/mol. The fourth-order valence-electron chi connectivity index (χ4n) is 4.90. The van der Waals surface area contributed by atoms with E-state index in [1.807, 2.05) is 12.1 Å². The summed E-state index contributed by atoms with van der Waals surface area (Å²) in [5.74, 6) is -1.26. The predicted octanol–water partition coefficient (Wildman–Crippen LogP) is 3.43. The molecule has 0 radical (unpaired) electrons. The number of nitriles is 2. The van der Waals surface area contributed by atoms with Crippen LogP contribution in [0.15, 0.2) is 67.3 Å². The normalized spacial score (nSPS) is 25.9. The van der Waals surface area contributed by atoms with E-state index in [0.29, 0.717) is 16.8 Å². The van der Waals surface area contributed by atoms with Gasteiger partial charge in [-0.15, -0.1) is 6.58 Å². The van der Waals surface area contributed by atoms with Gasteiger partial charge in [-0.25, -0.2) is 0 Å². The topological polar surface area (TPSA) is 111 Å². The first kappa shape index (κ1) is 18.4. The molecule has 0 aromatic heterocycles. The van der Waals surface area contributed by atoms with Gasteiger partial charge in [0, 0.05) is 10.5 Å². The second-order valence-corrected chi connectivity index (χ2v) is 7.28. The molecule has 1 amide bonds. The lowest BCUT2D eigenvalue weighted by molar-refractivity contribution is -0.585. The number of rotatable bonds is 3. The minimum absolute atomic E-state index is 0.0674. The van der Waals surface area contributed by atoms with Crippen molar-refractivity contribution in [3.8, 4) is 12.1 Å². The molecule has 7 nitrogen and oxygen atoms in total. The minimum Gasteiger partial charge on any atom is -0.294 e. The maximum Gasteiger partial charge on any atom is 0.278 e. The Kier molecular flexibility index (Phi) is 3.99. The van der Waals surface area contributed by atoms with Crippen LogP contribution < -0.4 is 4.90 Å². The number of hydrogen-bond donors (Lipinski definition) is 0. The molecule has 0 spiro atoms. The first-order valence-electron chi connectivity index (χ1n) is 9.05. The lowest BCUT2D eigenvalue weighted by atomic mass is 9.78. The van der Waals surface area contributed by atoms with Crippen molar-refractivity contribution in [2.75, 3.05) is 4.90 Å². The largest absolute Gasteiger partial charge is 0.294 e. The molecule has 1 saturated carbocycles. The minimum atomic E-state index is -1.81. The summed E-state index contributed by atoms with van der Waals surface area (Å²) in [5, 5.41) is 32.5. The molecule has 4 rings (SSSR count). The number of fused-ring (bicyclic) bond motifs is 3. The number of benzene rings is 2. The van der Waals surface area contributed by atoms with Gasteiger partial charge in [0.1, 0.15) is 6.04 Å². The van der Waals surface area contributed by atoms with Crippen molar-refractivity contribution in [3.05, 3.63) is 88.5 Å². The van der Waals surface area contributed by atoms with Gasteiger partial charge in [0.05, 0.1) is 29.3 Å². The number of amides is 1. The van der Waals surface area contributed by atoms with Crippen LogP contribution in [0.1, 0.15) is 22.3 Å². The first-order chi connectivity index (χ1) is 14.0. The lowest BCUT2D eigenvalue weighted by Gasteiger charge is -2.32. The van der Waals surface area contributed by atoms with Crippen LogP contribution in [0.25, 0.3) is 0 Å². The molecule has 0 bridgehead atoms. The Hall–Kier alpha value is -3.97. The summed E-state index contributed by atoms with van der Waals surface area (Å²) in [6.07, 6.45) is 1.36. The standard InChI is InChI=1S/C22H16N4O3/c1-2-16-12-21(13-23,14-24)20-22(16,26(28)29)17-10-6-7-11-18(17)25(20)19(27)15-8-4-3-5-9-15/h2-11,16,20H,1,12H2/t16-,20-,22+/m1/s1. The zero-order valence-corrected chi connectivity index (χ0v) is 15.4. The Balaban J connectivity index is 2.07. The van der Waals surface area contributed by atoms with Gasteiger partial charge in [0.2, 0.25) is 0 Å². The Bertz CT molecular complexity index is 1100. The highest BCUT2D eigenvalue weighted by molar-refractivity contribution is 6.08. The van der Waals surface area contributed by atoms with Crippen molar-refractivity contribution in [1.82, 2.24) is 0 Å². The maximum atomic E-state index is 13.5. The molecular weight excluding hydrogens is 368 g/mol. The van der Waals surface area contributed by atoms with E-state index in [4.69, 9.17) is 0 Å². The summed E-state index contributed by atoms with van der Waals surface area (Å²) in [5.41, 5.74) is -2.54. The molecule has 29 heavy (non-hydrogen) atoms. The van der Waals surface area contributed by atoms with Crippen molar-refractivity contribution < 1.29 is 9.72 Å². The molecule has 1 aliphatic carbocycles. The zero-order valence-electron chi connectivity index (χ0n) is 15.4. The molecule has 0 unspecified atom stereocenters. The van der Waals surface area contributed by atoms with Gasteiger partial charge in [0.25, 0.3) is 11.4 Å². The third kappa shape index (κ3) is 2.13. The summed E-state index contributed by atoms with van der Waals surface area (Å²) in [7, 11) is 0. The SMILES string of the molecule is C=C[C@@H]1CC(C#N)(C#N)[C@H]2N(C(=O)c3ccccc3)c3ccccc3[C@@]12[N+](=O)[O-]. The van der Waals surface area contributed by atoms with Crippen LogP contribution >= 0.6 is 0 Å². The van der Waals surface area contributed by atoms with E-state index in [9.17, 15) is 25.4 Å². The third-order valence-electron chi connectivity index (χ3n) is 6.07. The fourth-order valence-corrected chi connectivity index (χ4v) is 4.90. The summed E-state index contributed by atoms with van der Waals surface area (Å²) in [6, 6.07) is 17.7. The quantitative estimate of drug-likeness (QED) is 0.457. The van der Waals surface area contributed by atoms with Gasteiger partial charge >= 0.3 is 0 Å². The number of para-hydroxylation sites is 1. The molecule has 2 aromatic rings. The Morgan fingerprint density at radius 1 is 1.17 bits per heavy atom.